The van der Waals surface area contributed by atoms with Crippen molar-refractivity contribution in [1.82, 2.24) is 30.8 Å². The molecule has 0 bridgehead atoms. The zero-order valence-electron chi connectivity index (χ0n) is 10.6. The lowest BCUT2D eigenvalue weighted by Crippen LogP contribution is -2.11. The number of aryl methyl sites for hydroxylation is 1. The van der Waals surface area contributed by atoms with Gasteiger partial charge in [0.15, 0.2) is 11.6 Å². The standard InChI is InChI=1S/C12H13N7/c1-7-9-5-3-4-6-10(9)12(15-14-7)13-8(2)11-16-18-19-17-11/h3-6,8H,1-2H3,(H,13,15)(H,16,17,18,19). The van der Waals surface area contributed by atoms with E-state index in [1.807, 2.05) is 38.1 Å². The SMILES string of the molecule is Cc1nnc(NC(C)c2nn[nH]n2)c2ccccc12. The van der Waals surface area contributed by atoms with Crippen molar-refractivity contribution in [3.8, 4) is 0 Å². The fourth-order valence-corrected chi connectivity index (χ4v) is 1.97. The fraction of sp³-hybridized carbons (Fsp3) is 0.250. The van der Waals surface area contributed by atoms with E-state index < -0.39 is 0 Å². The third-order valence-corrected chi connectivity index (χ3v) is 2.97. The average molecular weight is 255 g/mol. The lowest BCUT2D eigenvalue weighted by atomic mass is 10.1. The summed E-state index contributed by atoms with van der Waals surface area (Å²) in [6.45, 7) is 3.89. The highest BCUT2D eigenvalue weighted by atomic mass is 15.5. The molecule has 1 aromatic carbocycles. The van der Waals surface area contributed by atoms with E-state index in [-0.39, 0.29) is 6.04 Å². The number of rotatable bonds is 3. The summed E-state index contributed by atoms with van der Waals surface area (Å²) in [4.78, 5) is 0. The Hall–Kier alpha value is -2.57. The van der Waals surface area contributed by atoms with E-state index in [0.717, 1.165) is 22.3 Å². The predicted molar refractivity (Wildman–Crippen MR) is 70.5 cm³/mol. The largest absolute Gasteiger partial charge is 0.358 e. The summed E-state index contributed by atoms with van der Waals surface area (Å²) in [6, 6.07) is 7.92. The van der Waals surface area contributed by atoms with Crippen LogP contribution < -0.4 is 5.32 Å². The van der Waals surface area contributed by atoms with Crippen LogP contribution in [0.15, 0.2) is 24.3 Å². The highest BCUT2D eigenvalue weighted by Crippen LogP contribution is 2.24. The molecule has 0 saturated heterocycles. The number of aromatic amines is 1. The average Bonchev–Trinajstić information content (AvgIpc) is 2.96. The smallest absolute Gasteiger partial charge is 0.196 e. The number of hydrogen-bond acceptors (Lipinski definition) is 6. The Bertz CT molecular complexity index is 692. The molecule has 2 N–H and O–H groups in total. The quantitative estimate of drug-likeness (QED) is 0.739. The van der Waals surface area contributed by atoms with Gasteiger partial charge in [-0.1, -0.05) is 29.5 Å². The van der Waals surface area contributed by atoms with E-state index in [9.17, 15) is 0 Å². The van der Waals surface area contributed by atoms with Crippen molar-refractivity contribution in [2.45, 2.75) is 19.9 Å². The molecule has 0 spiro atoms. The molecule has 19 heavy (non-hydrogen) atoms. The van der Waals surface area contributed by atoms with Gasteiger partial charge in [-0.25, -0.2) is 0 Å². The molecule has 3 aromatic rings. The molecule has 0 amide bonds. The van der Waals surface area contributed by atoms with Gasteiger partial charge in [0, 0.05) is 10.8 Å². The third kappa shape index (κ3) is 2.10. The number of H-pyrrole nitrogens is 1. The summed E-state index contributed by atoms with van der Waals surface area (Å²) in [5, 5.41) is 27.6. The maximum Gasteiger partial charge on any atom is 0.196 e. The topological polar surface area (TPSA) is 92.3 Å². The molecule has 0 radical (unpaired) electrons. The molecule has 0 fully saturated rings. The molecule has 1 atom stereocenters. The number of nitrogens with one attached hydrogen (secondary N) is 2. The molecular formula is C12H13N7. The number of anilines is 1. The Kier molecular flexibility index (Phi) is 2.79. The predicted octanol–water partition coefficient (Wildman–Crippen LogP) is 1.62. The summed E-state index contributed by atoms with van der Waals surface area (Å²) < 4.78 is 0. The number of fused-ring (bicyclic) bond motifs is 1. The van der Waals surface area contributed by atoms with Crippen LogP contribution in [0.5, 0.6) is 0 Å². The van der Waals surface area contributed by atoms with E-state index in [4.69, 9.17) is 0 Å². The van der Waals surface area contributed by atoms with Gasteiger partial charge in [0.25, 0.3) is 0 Å². The van der Waals surface area contributed by atoms with E-state index in [1.54, 1.807) is 0 Å². The third-order valence-electron chi connectivity index (χ3n) is 2.97. The van der Waals surface area contributed by atoms with Crippen LogP contribution in [0.25, 0.3) is 10.8 Å². The maximum atomic E-state index is 4.21. The van der Waals surface area contributed by atoms with Crippen molar-refractivity contribution < 1.29 is 0 Å². The normalized spacial score (nSPS) is 12.5. The molecule has 0 saturated carbocycles. The van der Waals surface area contributed by atoms with Crippen molar-refractivity contribution >= 4 is 16.6 Å². The highest BCUT2D eigenvalue weighted by molar-refractivity contribution is 5.92. The Labute approximate surface area is 109 Å². The summed E-state index contributed by atoms with van der Waals surface area (Å²) >= 11 is 0. The van der Waals surface area contributed by atoms with Gasteiger partial charge in [0.05, 0.1) is 11.7 Å². The first kappa shape index (κ1) is 11.5. The van der Waals surface area contributed by atoms with Crippen LogP contribution >= 0.6 is 0 Å². The number of aromatic nitrogens is 6. The summed E-state index contributed by atoms with van der Waals surface area (Å²) in [5.41, 5.74) is 0.911. The molecule has 0 aliphatic heterocycles. The second-order valence-electron chi connectivity index (χ2n) is 4.32. The van der Waals surface area contributed by atoms with Gasteiger partial charge < -0.3 is 5.32 Å². The Morgan fingerprint density at radius 1 is 1.11 bits per heavy atom. The molecule has 0 aliphatic carbocycles. The van der Waals surface area contributed by atoms with Crippen LogP contribution in [0.4, 0.5) is 5.82 Å². The zero-order valence-corrected chi connectivity index (χ0v) is 10.6. The molecule has 2 aromatic heterocycles. The Morgan fingerprint density at radius 2 is 1.89 bits per heavy atom. The minimum atomic E-state index is -0.0980. The van der Waals surface area contributed by atoms with Crippen molar-refractivity contribution in [3.63, 3.8) is 0 Å². The van der Waals surface area contributed by atoms with Gasteiger partial charge in [0.1, 0.15) is 0 Å². The maximum absolute atomic E-state index is 4.21. The molecule has 2 heterocycles. The van der Waals surface area contributed by atoms with Crippen LogP contribution in [-0.2, 0) is 0 Å². The Morgan fingerprint density at radius 3 is 2.63 bits per heavy atom. The number of hydrogen-bond donors (Lipinski definition) is 2. The van der Waals surface area contributed by atoms with E-state index in [1.165, 1.54) is 0 Å². The first-order valence-electron chi connectivity index (χ1n) is 5.97. The number of nitrogens with zero attached hydrogens (tertiary/aromatic N) is 5. The first-order chi connectivity index (χ1) is 9.25. The second kappa shape index (κ2) is 4.60. The monoisotopic (exact) mass is 255 g/mol. The molecular weight excluding hydrogens is 242 g/mol. The minimum absolute atomic E-state index is 0.0980. The van der Waals surface area contributed by atoms with Crippen LogP contribution in [-0.4, -0.2) is 30.8 Å². The molecule has 96 valence electrons. The van der Waals surface area contributed by atoms with Crippen molar-refractivity contribution in [1.29, 1.82) is 0 Å². The lowest BCUT2D eigenvalue weighted by Gasteiger charge is -2.12. The first-order valence-corrected chi connectivity index (χ1v) is 5.97. The van der Waals surface area contributed by atoms with Crippen molar-refractivity contribution in [3.05, 3.63) is 35.8 Å². The van der Waals surface area contributed by atoms with Crippen LogP contribution in [0.2, 0.25) is 0 Å². The van der Waals surface area contributed by atoms with Crippen LogP contribution in [0, 0.1) is 6.92 Å². The summed E-state index contributed by atoms with van der Waals surface area (Å²) in [5.74, 6) is 1.31. The van der Waals surface area contributed by atoms with Crippen molar-refractivity contribution in [2.75, 3.05) is 5.32 Å². The Balaban J connectivity index is 2.00. The lowest BCUT2D eigenvalue weighted by molar-refractivity contribution is 0.784. The molecule has 7 nitrogen and oxygen atoms in total. The molecule has 7 heteroatoms. The van der Waals surface area contributed by atoms with Crippen LogP contribution in [0.3, 0.4) is 0 Å². The fourth-order valence-electron chi connectivity index (χ4n) is 1.97. The van der Waals surface area contributed by atoms with Gasteiger partial charge in [-0.2, -0.15) is 10.3 Å². The zero-order chi connectivity index (χ0) is 13.2. The van der Waals surface area contributed by atoms with E-state index in [2.05, 4.69) is 36.1 Å². The number of tetrazole rings is 1. The highest BCUT2D eigenvalue weighted by Gasteiger charge is 2.13. The molecule has 1 unspecified atom stereocenters. The van der Waals surface area contributed by atoms with E-state index in [0.29, 0.717) is 5.82 Å². The van der Waals surface area contributed by atoms with Gasteiger partial charge in [-0.3, -0.25) is 0 Å². The van der Waals surface area contributed by atoms with Gasteiger partial charge in [-0.05, 0) is 13.8 Å². The molecule has 0 aliphatic rings. The summed E-state index contributed by atoms with van der Waals surface area (Å²) in [7, 11) is 0. The second-order valence-corrected chi connectivity index (χ2v) is 4.32. The number of benzene rings is 1. The van der Waals surface area contributed by atoms with Crippen LogP contribution in [0.1, 0.15) is 24.5 Å². The minimum Gasteiger partial charge on any atom is -0.358 e. The van der Waals surface area contributed by atoms with E-state index >= 15 is 0 Å². The summed E-state index contributed by atoms with van der Waals surface area (Å²) in [6.07, 6.45) is 0. The van der Waals surface area contributed by atoms with Gasteiger partial charge >= 0.3 is 0 Å². The van der Waals surface area contributed by atoms with Gasteiger partial charge in [-0.15, -0.1) is 15.3 Å². The van der Waals surface area contributed by atoms with Gasteiger partial charge in [0.2, 0.25) is 0 Å². The van der Waals surface area contributed by atoms with Crippen molar-refractivity contribution in [2.24, 2.45) is 0 Å². The molecule has 3 rings (SSSR count).